The summed E-state index contributed by atoms with van der Waals surface area (Å²) in [6.07, 6.45) is 3.94. The number of aliphatic carboxylic acids is 1. The Bertz CT molecular complexity index is 678. The van der Waals surface area contributed by atoms with Gasteiger partial charge in [-0.2, -0.15) is 0 Å². The molecule has 3 rings (SSSR count). The molecule has 0 saturated carbocycles. The summed E-state index contributed by atoms with van der Waals surface area (Å²) < 4.78 is 6.00. The molecule has 0 heterocycles. The molecule has 0 amide bonds. The van der Waals surface area contributed by atoms with Crippen molar-refractivity contribution < 1.29 is 14.6 Å². The van der Waals surface area contributed by atoms with Crippen molar-refractivity contribution in [3.8, 4) is 5.75 Å². The first-order valence-electron chi connectivity index (χ1n) is 8.24. The summed E-state index contributed by atoms with van der Waals surface area (Å²) in [6, 6.07) is 16.6. The lowest BCUT2D eigenvalue weighted by molar-refractivity contribution is -0.137. The zero-order chi connectivity index (χ0) is 16.1. The number of aryl methyl sites for hydroxylation is 2. The molecular weight excluding hydrogens is 288 g/mol. The highest BCUT2D eigenvalue weighted by Gasteiger charge is 2.22. The first-order chi connectivity index (χ1) is 11.2. The maximum absolute atomic E-state index is 10.6. The zero-order valence-electron chi connectivity index (χ0n) is 13.2. The molecule has 2 aromatic carbocycles. The largest absolute Gasteiger partial charge is 0.493 e. The number of hydrogen-bond donors (Lipinski definition) is 1. The van der Waals surface area contributed by atoms with Crippen LogP contribution in [0.1, 0.15) is 41.9 Å². The van der Waals surface area contributed by atoms with E-state index in [1.165, 1.54) is 11.1 Å². The lowest BCUT2D eigenvalue weighted by atomic mass is 10.0. The van der Waals surface area contributed by atoms with Crippen LogP contribution in [0.4, 0.5) is 0 Å². The molecule has 1 unspecified atom stereocenters. The van der Waals surface area contributed by atoms with Gasteiger partial charge in [0.2, 0.25) is 0 Å². The number of hydrogen-bond acceptors (Lipinski definition) is 2. The maximum Gasteiger partial charge on any atom is 0.303 e. The quantitative estimate of drug-likeness (QED) is 0.833. The molecule has 3 nitrogen and oxygen atoms in total. The number of carboxylic acid groups (broad SMARTS) is 1. The number of ether oxygens (including phenoxy) is 1. The van der Waals surface area contributed by atoms with Crippen molar-refractivity contribution in [2.45, 2.75) is 38.0 Å². The fourth-order valence-corrected chi connectivity index (χ4v) is 3.25. The van der Waals surface area contributed by atoms with Crippen LogP contribution in [-0.2, 0) is 17.6 Å². The van der Waals surface area contributed by atoms with E-state index in [2.05, 4.69) is 24.3 Å². The molecule has 0 aromatic heterocycles. The molecule has 3 heteroatoms. The summed E-state index contributed by atoms with van der Waals surface area (Å²) in [4.78, 5) is 10.6. The number of rotatable bonds is 7. The Morgan fingerprint density at radius 2 is 2.04 bits per heavy atom. The first kappa shape index (κ1) is 15.6. The molecule has 0 bridgehead atoms. The van der Waals surface area contributed by atoms with Crippen LogP contribution in [0.15, 0.2) is 48.5 Å². The van der Waals surface area contributed by atoms with Crippen molar-refractivity contribution in [2.24, 2.45) is 0 Å². The highest BCUT2D eigenvalue weighted by molar-refractivity contribution is 5.66. The Hall–Kier alpha value is -2.29. The Labute approximate surface area is 136 Å². The van der Waals surface area contributed by atoms with Gasteiger partial charge in [-0.1, -0.05) is 36.4 Å². The van der Waals surface area contributed by atoms with E-state index >= 15 is 0 Å². The second-order valence-electron chi connectivity index (χ2n) is 6.14. The van der Waals surface area contributed by atoms with Gasteiger partial charge in [0.05, 0.1) is 6.61 Å². The Balaban J connectivity index is 1.56. The highest BCUT2D eigenvalue weighted by atomic mass is 16.5. The molecule has 1 atom stereocenters. The van der Waals surface area contributed by atoms with Gasteiger partial charge >= 0.3 is 5.97 Å². The molecule has 0 saturated heterocycles. The minimum atomic E-state index is -0.739. The summed E-state index contributed by atoms with van der Waals surface area (Å²) in [5.41, 5.74) is 4.00. The second kappa shape index (κ2) is 7.32. The van der Waals surface area contributed by atoms with Gasteiger partial charge in [-0.05, 0) is 54.5 Å². The van der Waals surface area contributed by atoms with Crippen LogP contribution in [0.2, 0.25) is 0 Å². The standard InChI is InChI=1S/C20H22O3/c21-20(22)10-4-6-15-5-3-8-18(13-15)23-14-17-12-11-16-7-1-2-9-19(16)17/h1-3,5,7-9,13,17H,4,6,10-12,14H2,(H,21,22). The lowest BCUT2D eigenvalue weighted by Gasteiger charge is -2.14. The smallest absolute Gasteiger partial charge is 0.303 e. The molecule has 1 aliphatic carbocycles. The molecule has 120 valence electrons. The number of benzene rings is 2. The van der Waals surface area contributed by atoms with E-state index in [0.29, 0.717) is 18.9 Å². The predicted octanol–water partition coefficient (Wildman–Crippen LogP) is 4.20. The van der Waals surface area contributed by atoms with Gasteiger partial charge in [0.25, 0.3) is 0 Å². The third-order valence-electron chi connectivity index (χ3n) is 4.46. The van der Waals surface area contributed by atoms with Gasteiger partial charge in [0.1, 0.15) is 5.75 Å². The van der Waals surface area contributed by atoms with Crippen LogP contribution in [0, 0.1) is 0 Å². The first-order valence-corrected chi connectivity index (χ1v) is 8.24. The molecule has 2 aromatic rings. The van der Waals surface area contributed by atoms with Crippen molar-refractivity contribution in [3.05, 3.63) is 65.2 Å². The molecule has 1 N–H and O–H groups in total. The summed E-state index contributed by atoms with van der Waals surface area (Å²) in [5.74, 6) is 0.612. The molecular formula is C20H22O3. The minimum Gasteiger partial charge on any atom is -0.493 e. The van der Waals surface area contributed by atoms with E-state index in [-0.39, 0.29) is 6.42 Å². The molecule has 0 aliphatic heterocycles. The van der Waals surface area contributed by atoms with Crippen LogP contribution in [-0.4, -0.2) is 17.7 Å². The van der Waals surface area contributed by atoms with Gasteiger partial charge in [-0.3, -0.25) is 4.79 Å². The Kier molecular flexibility index (Phi) is 4.96. The van der Waals surface area contributed by atoms with E-state index in [0.717, 1.165) is 30.6 Å². The molecule has 1 aliphatic rings. The summed E-state index contributed by atoms with van der Waals surface area (Å²) >= 11 is 0. The summed E-state index contributed by atoms with van der Waals surface area (Å²) in [7, 11) is 0. The van der Waals surface area contributed by atoms with Crippen molar-refractivity contribution in [2.75, 3.05) is 6.61 Å². The van der Waals surface area contributed by atoms with Crippen molar-refractivity contribution in [1.82, 2.24) is 0 Å². The third kappa shape index (κ3) is 4.13. The third-order valence-corrected chi connectivity index (χ3v) is 4.46. The predicted molar refractivity (Wildman–Crippen MR) is 90.0 cm³/mol. The molecule has 23 heavy (non-hydrogen) atoms. The van der Waals surface area contributed by atoms with Crippen LogP contribution >= 0.6 is 0 Å². The topological polar surface area (TPSA) is 46.5 Å². The van der Waals surface area contributed by atoms with Gasteiger partial charge in [-0.25, -0.2) is 0 Å². The number of carbonyl (C=O) groups is 1. The molecule has 0 fully saturated rings. The summed E-state index contributed by atoms with van der Waals surface area (Å²) in [6.45, 7) is 0.704. The number of carboxylic acids is 1. The van der Waals surface area contributed by atoms with Crippen LogP contribution < -0.4 is 4.74 Å². The van der Waals surface area contributed by atoms with Crippen molar-refractivity contribution >= 4 is 5.97 Å². The van der Waals surface area contributed by atoms with Crippen molar-refractivity contribution in [1.29, 1.82) is 0 Å². The second-order valence-corrected chi connectivity index (χ2v) is 6.14. The minimum absolute atomic E-state index is 0.212. The van der Waals surface area contributed by atoms with E-state index in [1.807, 2.05) is 24.3 Å². The number of fused-ring (bicyclic) bond motifs is 1. The molecule has 0 spiro atoms. The fourth-order valence-electron chi connectivity index (χ4n) is 3.25. The van der Waals surface area contributed by atoms with E-state index in [4.69, 9.17) is 9.84 Å². The van der Waals surface area contributed by atoms with E-state index in [9.17, 15) is 4.79 Å². The summed E-state index contributed by atoms with van der Waals surface area (Å²) in [5, 5.41) is 8.71. The zero-order valence-corrected chi connectivity index (χ0v) is 13.2. The van der Waals surface area contributed by atoms with Crippen molar-refractivity contribution in [3.63, 3.8) is 0 Å². The highest BCUT2D eigenvalue weighted by Crippen LogP contribution is 2.33. The Morgan fingerprint density at radius 1 is 1.17 bits per heavy atom. The normalized spacial score (nSPS) is 16.1. The van der Waals surface area contributed by atoms with Crippen LogP contribution in [0.3, 0.4) is 0 Å². The van der Waals surface area contributed by atoms with Crippen LogP contribution in [0.5, 0.6) is 5.75 Å². The van der Waals surface area contributed by atoms with Gasteiger partial charge in [0.15, 0.2) is 0 Å². The average Bonchev–Trinajstić information content (AvgIpc) is 2.96. The molecule has 0 radical (unpaired) electrons. The van der Waals surface area contributed by atoms with Crippen LogP contribution in [0.25, 0.3) is 0 Å². The van der Waals surface area contributed by atoms with Gasteiger partial charge in [-0.15, -0.1) is 0 Å². The van der Waals surface area contributed by atoms with E-state index < -0.39 is 5.97 Å². The maximum atomic E-state index is 10.6. The average molecular weight is 310 g/mol. The van der Waals surface area contributed by atoms with Gasteiger partial charge in [0, 0.05) is 12.3 Å². The Morgan fingerprint density at radius 3 is 2.91 bits per heavy atom. The SMILES string of the molecule is O=C(O)CCCc1cccc(OCC2CCc3ccccc32)c1. The monoisotopic (exact) mass is 310 g/mol. The van der Waals surface area contributed by atoms with Gasteiger partial charge < -0.3 is 9.84 Å². The van der Waals surface area contributed by atoms with E-state index in [1.54, 1.807) is 0 Å². The lowest BCUT2D eigenvalue weighted by Crippen LogP contribution is -2.07. The fraction of sp³-hybridized carbons (Fsp3) is 0.350.